The summed E-state index contributed by atoms with van der Waals surface area (Å²) in [5.74, 6) is -0.661. The van der Waals surface area contributed by atoms with Crippen LogP contribution in [0.15, 0.2) is 21.7 Å². The molecule has 3 rings (SSSR count). The summed E-state index contributed by atoms with van der Waals surface area (Å²) in [7, 11) is 0. The van der Waals surface area contributed by atoms with Crippen LogP contribution in [-0.4, -0.2) is 9.55 Å². The van der Waals surface area contributed by atoms with Crippen LogP contribution in [0.3, 0.4) is 0 Å². The number of aromatic amines is 1. The summed E-state index contributed by atoms with van der Waals surface area (Å²) in [6, 6.07) is 2.68. The van der Waals surface area contributed by atoms with Crippen LogP contribution in [0.4, 0.5) is 4.39 Å². The number of nitrogens with one attached hydrogen (secondary N) is 1. The van der Waals surface area contributed by atoms with Crippen molar-refractivity contribution in [1.29, 1.82) is 0 Å². The molecule has 2 aromatic rings. The number of fused-ring (bicyclic) bond motifs is 1. The highest BCUT2D eigenvalue weighted by Crippen LogP contribution is 2.36. The number of H-pyrrole nitrogens is 1. The lowest BCUT2D eigenvalue weighted by molar-refractivity contribution is 0.628. The van der Waals surface area contributed by atoms with Gasteiger partial charge >= 0.3 is 5.69 Å². The van der Waals surface area contributed by atoms with Crippen molar-refractivity contribution < 1.29 is 4.39 Å². The van der Waals surface area contributed by atoms with Gasteiger partial charge in [0, 0.05) is 6.04 Å². The standard InChI is InChI=1S/C11H8ClFN2O2.ClH/c12-9-6(13)3-4-7-8(9)10(16)14-11(17)15(7)5-1-2-5;/h3-5H,1-2H2,(H,14,16,17);1H. The van der Waals surface area contributed by atoms with Crippen LogP contribution in [0.2, 0.25) is 5.02 Å². The molecule has 1 aromatic heterocycles. The Morgan fingerprint density at radius 2 is 2.00 bits per heavy atom. The van der Waals surface area contributed by atoms with Crippen molar-refractivity contribution in [2.75, 3.05) is 0 Å². The molecule has 0 bridgehead atoms. The lowest BCUT2D eigenvalue weighted by atomic mass is 10.2. The van der Waals surface area contributed by atoms with E-state index >= 15 is 0 Å². The minimum Gasteiger partial charge on any atom is -0.290 e. The number of benzene rings is 1. The van der Waals surface area contributed by atoms with Crippen molar-refractivity contribution in [3.63, 3.8) is 0 Å². The van der Waals surface area contributed by atoms with Gasteiger partial charge in [0.25, 0.3) is 5.56 Å². The first kappa shape index (κ1) is 13.1. The second-order valence-corrected chi connectivity index (χ2v) is 4.49. The van der Waals surface area contributed by atoms with Crippen LogP contribution in [0.25, 0.3) is 10.9 Å². The Labute approximate surface area is 112 Å². The van der Waals surface area contributed by atoms with E-state index in [9.17, 15) is 14.0 Å². The molecule has 7 heteroatoms. The highest BCUT2D eigenvalue weighted by Gasteiger charge is 2.27. The van der Waals surface area contributed by atoms with E-state index in [0.717, 1.165) is 12.8 Å². The molecule has 0 saturated heterocycles. The van der Waals surface area contributed by atoms with Crippen molar-refractivity contribution in [3.05, 3.63) is 43.8 Å². The van der Waals surface area contributed by atoms with Crippen molar-refractivity contribution in [2.24, 2.45) is 0 Å². The fourth-order valence-corrected chi connectivity index (χ4v) is 2.23. The molecule has 18 heavy (non-hydrogen) atoms. The average molecular weight is 291 g/mol. The molecular formula is C11H9Cl2FN2O2. The molecule has 96 valence electrons. The molecule has 1 heterocycles. The topological polar surface area (TPSA) is 54.9 Å². The second kappa shape index (κ2) is 4.40. The van der Waals surface area contributed by atoms with Crippen LogP contribution in [0.5, 0.6) is 0 Å². The van der Waals surface area contributed by atoms with E-state index in [1.165, 1.54) is 16.7 Å². The third kappa shape index (κ3) is 1.83. The van der Waals surface area contributed by atoms with Gasteiger partial charge in [-0.25, -0.2) is 9.18 Å². The van der Waals surface area contributed by atoms with E-state index in [-0.39, 0.29) is 28.9 Å². The zero-order valence-corrected chi connectivity index (χ0v) is 10.6. The number of nitrogens with zero attached hydrogens (tertiary/aromatic N) is 1. The third-order valence-corrected chi connectivity index (χ3v) is 3.28. The summed E-state index contributed by atoms with van der Waals surface area (Å²) in [6.45, 7) is 0. The molecular weight excluding hydrogens is 282 g/mol. The molecule has 1 fully saturated rings. The number of hydrogen-bond acceptors (Lipinski definition) is 2. The van der Waals surface area contributed by atoms with Gasteiger partial charge in [-0.05, 0) is 25.0 Å². The lowest BCUT2D eigenvalue weighted by Gasteiger charge is -2.08. The molecule has 1 aliphatic rings. The van der Waals surface area contributed by atoms with Gasteiger partial charge in [0.05, 0.1) is 15.9 Å². The van der Waals surface area contributed by atoms with E-state index in [0.29, 0.717) is 5.52 Å². The SMILES string of the molecule is Cl.O=c1[nH]c(=O)n(C2CC2)c2ccc(F)c(Cl)c12. The maximum atomic E-state index is 13.3. The molecule has 1 N–H and O–H groups in total. The van der Waals surface area contributed by atoms with Crippen molar-refractivity contribution in [1.82, 2.24) is 9.55 Å². The Kier molecular flexibility index (Phi) is 3.21. The minimum atomic E-state index is -0.661. The summed E-state index contributed by atoms with van der Waals surface area (Å²) in [5, 5.41) is -0.198. The Hall–Kier alpha value is -1.33. The molecule has 0 unspecified atom stereocenters. The quantitative estimate of drug-likeness (QED) is 0.876. The van der Waals surface area contributed by atoms with Crippen LogP contribution in [0.1, 0.15) is 18.9 Å². The van der Waals surface area contributed by atoms with Crippen LogP contribution < -0.4 is 11.2 Å². The van der Waals surface area contributed by atoms with Gasteiger partial charge in [-0.15, -0.1) is 12.4 Å². The molecule has 1 saturated carbocycles. The minimum absolute atomic E-state index is 0. The largest absolute Gasteiger partial charge is 0.329 e. The van der Waals surface area contributed by atoms with E-state index in [4.69, 9.17) is 11.6 Å². The lowest BCUT2D eigenvalue weighted by Crippen LogP contribution is -2.30. The summed E-state index contributed by atoms with van der Waals surface area (Å²) in [5.41, 5.74) is -0.716. The normalized spacial score (nSPS) is 14.6. The Morgan fingerprint density at radius 3 is 2.61 bits per heavy atom. The number of rotatable bonds is 1. The van der Waals surface area contributed by atoms with Crippen LogP contribution in [0, 0.1) is 5.82 Å². The summed E-state index contributed by atoms with van der Waals surface area (Å²) >= 11 is 5.77. The third-order valence-electron chi connectivity index (χ3n) is 2.91. The Balaban J connectivity index is 0.00000120. The summed E-state index contributed by atoms with van der Waals surface area (Å²) in [4.78, 5) is 25.5. The molecule has 0 radical (unpaired) electrons. The van der Waals surface area contributed by atoms with Crippen molar-refractivity contribution in [2.45, 2.75) is 18.9 Å². The van der Waals surface area contributed by atoms with Crippen molar-refractivity contribution >= 4 is 34.9 Å². The Bertz CT molecular complexity index is 734. The second-order valence-electron chi connectivity index (χ2n) is 4.12. The van der Waals surface area contributed by atoms with Gasteiger partial charge in [0.1, 0.15) is 5.82 Å². The number of halogens is 3. The fraction of sp³-hybridized carbons (Fsp3) is 0.273. The van der Waals surface area contributed by atoms with E-state index in [1.54, 1.807) is 0 Å². The molecule has 1 aromatic carbocycles. The molecule has 1 aliphatic carbocycles. The molecule has 0 atom stereocenters. The molecule has 4 nitrogen and oxygen atoms in total. The average Bonchev–Trinajstić information content (AvgIpc) is 3.07. The van der Waals surface area contributed by atoms with Crippen LogP contribution >= 0.6 is 24.0 Å². The van der Waals surface area contributed by atoms with E-state index < -0.39 is 17.1 Å². The maximum absolute atomic E-state index is 13.3. The number of hydrogen-bond donors (Lipinski definition) is 1. The zero-order chi connectivity index (χ0) is 12.2. The van der Waals surface area contributed by atoms with E-state index in [2.05, 4.69) is 4.98 Å². The van der Waals surface area contributed by atoms with Crippen LogP contribution in [-0.2, 0) is 0 Å². The first-order valence-electron chi connectivity index (χ1n) is 5.22. The maximum Gasteiger partial charge on any atom is 0.329 e. The highest BCUT2D eigenvalue weighted by molar-refractivity contribution is 6.35. The van der Waals surface area contributed by atoms with E-state index in [1.807, 2.05) is 0 Å². The number of aromatic nitrogens is 2. The summed E-state index contributed by atoms with van der Waals surface area (Å²) in [6.07, 6.45) is 1.77. The van der Waals surface area contributed by atoms with Gasteiger partial charge in [-0.3, -0.25) is 14.3 Å². The first-order valence-corrected chi connectivity index (χ1v) is 5.60. The molecule has 0 aliphatic heterocycles. The van der Waals surface area contributed by atoms with Gasteiger partial charge in [0.2, 0.25) is 0 Å². The smallest absolute Gasteiger partial charge is 0.290 e. The van der Waals surface area contributed by atoms with Crippen molar-refractivity contribution in [3.8, 4) is 0 Å². The first-order chi connectivity index (χ1) is 8.09. The summed E-state index contributed by atoms with van der Waals surface area (Å²) < 4.78 is 14.8. The predicted octanol–water partition coefficient (Wildman–Crippen LogP) is 2.24. The highest BCUT2D eigenvalue weighted by atomic mass is 35.5. The van der Waals surface area contributed by atoms with Gasteiger partial charge < -0.3 is 0 Å². The van der Waals surface area contributed by atoms with Gasteiger partial charge in [0.15, 0.2) is 0 Å². The molecule has 0 spiro atoms. The monoisotopic (exact) mass is 290 g/mol. The predicted molar refractivity (Wildman–Crippen MR) is 69.3 cm³/mol. The van der Waals surface area contributed by atoms with Gasteiger partial charge in [-0.1, -0.05) is 11.6 Å². The zero-order valence-electron chi connectivity index (χ0n) is 9.07. The fourth-order valence-electron chi connectivity index (χ4n) is 1.98. The van der Waals surface area contributed by atoms with Gasteiger partial charge in [-0.2, -0.15) is 0 Å². The molecule has 0 amide bonds. The Morgan fingerprint density at radius 1 is 1.33 bits per heavy atom.